The lowest BCUT2D eigenvalue weighted by Gasteiger charge is -2.25. The summed E-state index contributed by atoms with van der Waals surface area (Å²) in [6, 6.07) is 6.66. The van der Waals surface area contributed by atoms with Gasteiger partial charge in [0.1, 0.15) is 11.5 Å². The van der Waals surface area contributed by atoms with Crippen LogP contribution in [0.4, 0.5) is 0 Å². The first-order valence-corrected chi connectivity index (χ1v) is 8.80. The van der Waals surface area contributed by atoms with Crippen molar-refractivity contribution < 1.29 is 18.0 Å². The first kappa shape index (κ1) is 16.0. The Kier molecular flexibility index (Phi) is 5.00. The molecule has 1 amide bonds. The van der Waals surface area contributed by atoms with Crippen molar-refractivity contribution >= 4 is 33.1 Å². The lowest BCUT2D eigenvalue weighted by atomic mass is 10.1. The highest BCUT2D eigenvalue weighted by Gasteiger charge is 2.25. The molecule has 1 aliphatic heterocycles. The van der Waals surface area contributed by atoms with E-state index in [9.17, 15) is 18.0 Å². The molecule has 0 radical (unpaired) electrons. The second-order valence-corrected chi connectivity index (χ2v) is 7.51. The van der Waals surface area contributed by atoms with E-state index >= 15 is 0 Å². The summed E-state index contributed by atoms with van der Waals surface area (Å²) in [5, 5.41) is 0.372. The standard InChI is InChI=1S/C14H16ClNO4S/c15-13-4-2-1-3-11(13)9-21(19,20)10-14(18)16-7-5-12(17)6-8-16/h1-4H,5-10H2. The summed E-state index contributed by atoms with van der Waals surface area (Å²) in [5.41, 5.74) is 0.487. The van der Waals surface area contributed by atoms with Gasteiger partial charge >= 0.3 is 0 Å². The van der Waals surface area contributed by atoms with Gasteiger partial charge in [-0.3, -0.25) is 9.59 Å². The van der Waals surface area contributed by atoms with Gasteiger partial charge in [0.05, 0.1) is 5.75 Å². The van der Waals surface area contributed by atoms with Crippen molar-refractivity contribution in [2.24, 2.45) is 0 Å². The number of Topliss-reactive ketones (excluding diaryl/α,β-unsaturated/α-hetero) is 1. The third kappa shape index (κ3) is 4.54. The quantitative estimate of drug-likeness (QED) is 0.838. The third-order valence-corrected chi connectivity index (χ3v) is 5.16. The molecule has 1 aliphatic rings. The lowest BCUT2D eigenvalue weighted by molar-refractivity contribution is -0.132. The van der Waals surface area contributed by atoms with Crippen LogP contribution in [0.15, 0.2) is 24.3 Å². The Bertz CT molecular complexity index is 647. The van der Waals surface area contributed by atoms with Crippen molar-refractivity contribution in [3.63, 3.8) is 0 Å². The molecule has 1 heterocycles. The number of ketones is 1. The van der Waals surface area contributed by atoms with Crippen molar-refractivity contribution in [2.75, 3.05) is 18.8 Å². The van der Waals surface area contributed by atoms with Crippen LogP contribution in [0.25, 0.3) is 0 Å². The van der Waals surface area contributed by atoms with Gasteiger partial charge in [-0.2, -0.15) is 0 Å². The Morgan fingerprint density at radius 2 is 1.81 bits per heavy atom. The zero-order valence-electron chi connectivity index (χ0n) is 11.4. The van der Waals surface area contributed by atoms with Crippen LogP contribution >= 0.6 is 11.6 Å². The summed E-state index contributed by atoms with van der Waals surface area (Å²) in [4.78, 5) is 24.6. The van der Waals surface area contributed by atoms with Crippen molar-refractivity contribution in [3.8, 4) is 0 Å². The average molecular weight is 330 g/mol. The number of benzene rings is 1. The van der Waals surface area contributed by atoms with Crippen molar-refractivity contribution in [1.29, 1.82) is 0 Å². The third-order valence-electron chi connectivity index (χ3n) is 3.35. The Morgan fingerprint density at radius 3 is 2.43 bits per heavy atom. The minimum absolute atomic E-state index is 0.109. The van der Waals surface area contributed by atoms with E-state index in [0.29, 0.717) is 36.5 Å². The molecule has 0 saturated carbocycles. The van der Waals surface area contributed by atoms with Crippen LogP contribution in [0.1, 0.15) is 18.4 Å². The van der Waals surface area contributed by atoms with E-state index in [4.69, 9.17) is 11.6 Å². The molecule has 0 aliphatic carbocycles. The monoisotopic (exact) mass is 329 g/mol. The van der Waals surface area contributed by atoms with Gasteiger partial charge in [0.25, 0.3) is 0 Å². The van der Waals surface area contributed by atoms with E-state index in [0.717, 1.165) is 0 Å². The van der Waals surface area contributed by atoms with Crippen LogP contribution in [0.3, 0.4) is 0 Å². The predicted octanol–water partition coefficient (Wildman–Crippen LogP) is 1.45. The number of piperidine rings is 1. The highest BCUT2D eigenvalue weighted by atomic mass is 35.5. The molecule has 0 bridgehead atoms. The average Bonchev–Trinajstić information content (AvgIpc) is 2.41. The Labute approximate surface area is 128 Å². The topological polar surface area (TPSA) is 71.5 Å². The molecule has 1 fully saturated rings. The van der Waals surface area contributed by atoms with Gasteiger partial charge in [-0.25, -0.2) is 8.42 Å². The fourth-order valence-corrected chi connectivity index (χ4v) is 3.86. The molecule has 5 nitrogen and oxygen atoms in total. The van der Waals surface area contributed by atoms with Crippen LogP contribution in [0, 0.1) is 0 Å². The summed E-state index contributed by atoms with van der Waals surface area (Å²) in [6.45, 7) is 0.610. The summed E-state index contributed by atoms with van der Waals surface area (Å²) in [6.07, 6.45) is 0.604. The van der Waals surface area contributed by atoms with E-state index in [1.165, 1.54) is 4.90 Å². The zero-order valence-corrected chi connectivity index (χ0v) is 13.0. The van der Waals surface area contributed by atoms with Crippen LogP contribution in [0.2, 0.25) is 5.02 Å². The van der Waals surface area contributed by atoms with E-state index < -0.39 is 21.5 Å². The molecular formula is C14H16ClNO4S. The normalized spacial score (nSPS) is 16.0. The minimum Gasteiger partial charge on any atom is -0.341 e. The predicted molar refractivity (Wildman–Crippen MR) is 79.8 cm³/mol. The number of amides is 1. The number of likely N-dealkylation sites (tertiary alicyclic amines) is 1. The van der Waals surface area contributed by atoms with Crippen molar-refractivity contribution in [2.45, 2.75) is 18.6 Å². The second-order valence-electron chi connectivity index (χ2n) is 5.04. The molecule has 0 unspecified atom stereocenters. The Balaban J connectivity index is 1.99. The first-order chi connectivity index (χ1) is 9.87. The number of hydrogen-bond acceptors (Lipinski definition) is 4. The summed E-state index contributed by atoms with van der Waals surface area (Å²) in [7, 11) is -3.58. The molecule has 1 aromatic carbocycles. The van der Waals surface area contributed by atoms with E-state index in [2.05, 4.69) is 0 Å². The molecule has 7 heteroatoms. The molecule has 2 rings (SSSR count). The molecule has 0 aromatic heterocycles. The van der Waals surface area contributed by atoms with Crippen molar-refractivity contribution in [3.05, 3.63) is 34.9 Å². The molecule has 0 spiro atoms. The highest BCUT2D eigenvalue weighted by molar-refractivity contribution is 7.91. The van der Waals surface area contributed by atoms with Crippen molar-refractivity contribution in [1.82, 2.24) is 4.90 Å². The first-order valence-electron chi connectivity index (χ1n) is 6.61. The van der Waals surface area contributed by atoms with Gasteiger partial charge < -0.3 is 4.90 Å². The van der Waals surface area contributed by atoms with Gasteiger partial charge in [0, 0.05) is 31.0 Å². The van der Waals surface area contributed by atoms with Crippen LogP contribution < -0.4 is 0 Å². The summed E-state index contributed by atoms with van der Waals surface area (Å²) < 4.78 is 24.2. The number of nitrogens with zero attached hydrogens (tertiary/aromatic N) is 1. The van der Waals surface area contributed by atoms with Gasteiger partial charge in [-0.05, 0) is 11.6 Å². The number of halogens is 1. The number of carbonyl (C=O) groups excluding carboxylic acids is 2. The molecule has 21 heavy (non-hydrogen) atoms. The Hall–Kier alpha value is -1.40. The second kappa shape index (κ2) is 6.58. The summed E-state index contributed by atoms with van der Waals surface area (Å²) in [5.74, 6) is -1.15. The minimum atomic E-state index is -3.58. The largest absolute Gasteiger partial charge is 0.341 e. The fourth-order valence-electron chi connectivity index (χ4n) is 2.19. The van der Waals surface area contributed by atoms with Crippen LogP contribution in [0.5, 0.6) is 0 Å². The van der Waals surface area contributed by atoms with Crippen LogP contribution in [-0.4, -0.2) is 43.9 Å². The number of hydrogen-bond donors (Lipinski definition) is 0. The van der Waals surface area contributed by atoms with Gasteiger partial charge in [0.15, 0.2) is 9.84 Å². The number of sulfone groups is 1. The maximum absolute atomic E-state index is 12.1. The van der Waals surface area contributed by atoms with Crippen LogP contribution in [-0.2, 0) is 25.2 Å². The van der Waals surface area contributed by atoms with E-state index in [1.807, 2.05) is 0 Å². The molecule has 1 saturated heterocycles. The SMILES string of the molecule is O=C1CCN(C(=O)CS(=O)(=O)Cc2ccccc2Cl)CC1. The zero-order chi connectivity index (χ0) is 15.5. The molecule has 0 N–H and O–H groups in total. The maximum Gasteiger partial charge on any atom is 0.237 e. The number of carbonyl (C=O) groups is 2. The summed E-state index contributed by atoms with van der Waals surface area (Å²) >= 11 is 5.93. The van der Waals surface area contributed by atoms with Gasteiger partial charge in [-0.1, -0.05) is 29.8 Å². The highest BCUT2D eigenvalue weighted by Crippen LogP contribution is 2.18. The Morgan fingerprint density at radius 1 is 1.19 bits per heavy atom. The van der Waals surface area contributed by atoms with Gasteiger partial charge in [0.2, 0.25) is 5.91 Å². The molecule has 0 atom stereocenters. The number of rotatable bonds is 4. The molecule has 1 aromatic rings. The smallest absolute Gasteiger partial charge is 0.237 e. The lowest BCUT2D eigenvalue weighted by Crippen LogP contribution is -2.41. The maximum atomic E-state index is 12.1. The van der Waals surface area contributed by atoms with E-state index in [1.54, 1.807) is 24.3 Å². The fraction of sp³-hybridized carbons (Fsp3) is 0.429. The van der Waals surface area contributed by atoms with Gasteiger partial charge in [-0.15, -0.1) is 0 Å². The molecule has 114 valence electrons. The molecular weight excluding hydrogens is 314 g/mol. The van der Waals surface area contributed by atoms with E-state index in [-0.39, 0.29) is 11.5 Å².